The van der Waals surface area contributed by atoms with E-state index in [4.69, 9.17) is 0 Å². The van der Waals surface area contributed by atoms with E-state index in [1.165, 1.54) is 54.4 Å². The lowest BCUT2D eigenvalue weighted by Crippen LogP contribution is -2.50. The quantitative estimate of drug-likeness (QED) is 0.443. The number of hydrogen-bond acceptors (Lipinski definition) is 5. The minimum absolute atomic E-state index is 0.246. The lowest BCUT2D eigenvalue weighted by Gasteiger charge is -2.36. The van der Waals surface area contributed by atoms with E-state index in [-0.39, 0.29) is 11.6 Å². The van der Waals surface area contributed by atoms with Gasteiger partial charge in [-0.25, -0.2) is 9.78 Å². The van der Waals surface area contributed by atoms with Gasteiger partial charge in [-0.2, -0.15) is 0 Å². The molecule has 0 saturated heterocycles. The van der Waals surface area contributed by atoms with Gasteiger partial charge in [0.1, 0.15) is 0 Å². The predicted molar refractivity (Wildman–Crippen MR) is 123 cm³/mol. The molecule has 0 bridgehead atoms. The van der Waals surface area contributed by atoms with Crippen LogP contribution in [0.1, 0.15) is 59.3 Å². The number of aromatic nitrogens is 1. The third-order valence-electron chi connectivity index (χ3n) is 5.74. The molecule has 2 aliphatic carbocycles. The fraction of sp³-hybridized carbons (Fsp3) is 0.591. The summed E-state index contributed by atoms with van der Waals surface area (Å²) in [6.45, 7) is 5.51. The van der Waals surface area contributed by atoms with Gasteiger partial charge in [0.05, 0.1) is 21.4 Å². The number of aliphatic carboxylic acids is 1. The van der Waals surface area contributed by atoms with Crippen molar-refractivity contribution in [2.45, 2.75) is 69.0 Å². The van der Waals surface area contributed by atoms with E-state index in [2.05, 4.69) is 40.8 Å². The SMILES string of the molecule is CC1=CC=CC(CC2CCCC2)(NC(=O)Nc2ncc(SCC(C)(C)C(=O)O)s2)C1. The van der Waals surface area contributed by atoms with Crippen LogP contribution in [0.15, 0.2) is 34.2 Å². The molecule has 1 heterocycles. The normalized spacial score (nSPS) is 22.0. The van der Waals surface area contributed by atoms with Crippen LogP contribution < -0.4 is 10.6 Å². The minimum Gasteiger partial charge on any atom is -0.481 e. The summed E-state index contributed by atoms with van der Waals surface area (Å²) >= 11 is 2.81. The average Bonchev–Trinajstić information content (AvgIpc) is 3.31. The Morgan fingerprint density at radius 2 is 2.10 bits per heavy atom. The van der Waals surface area contributed by atoms with Gasteiger partial charge in [-0.05, 0) is 39.5 Å². The van der Waals surface area contributed by atoms with Crippen molar-refractivity contribution in [1.29, 1.82) is 0 Å². The number of carbonyl (C=O) groups excluding carboxylic acids is 1. The van der Waals surface area contributed by atoms with Crippen molar-refractivity contribution < 1.29 is 14.7 Å². The number of urea groups is 1. The number of carboxylic acid groups (broad SMARTS) is 1. The highest BCUT2D eigenvalue weighted by atomic mass is 32.2. The number of hydrogen-bond donors (Lipinski definition) is 3. The molecule has 1 unspecified atom stereocenters. The molecule has 30 heavy (non-hydrogen) atoms. The number of nitrogens with one attached hydrogen (secondary N) is 2. The van der Waals surface area contributed by atoms with Crippen molar-refractivity contribution in [3.8, 4) is 0 Å². The second kappa shape index (κ2) is 9.56. The highest BCUT2D eigenvalue weighted by molar-refractivity contribution is 8.01. The maximum atomic E-state index is 12.8. The van der Waals surface area contributed by atoms with Crippen LogP contribution in [0.25, 0.3) is 0 Å². The van der Waals surface area contributed by atoms with Gasteiger partial charge in [0, 0.05) is 5.75 Å². The molecule has 1 aromatic heterocycles. The molecule has 8 heteroatoms. The van der Waals surface area contributed by atoms with Gasteiger partial charge >= 0.3 is 12.0 Å². The second-order valence-electron chi connectivity index (χ2n) is 9.10. The minimum atomic E-state index is -0.824. The van der Waals surface area contributed by atoms with Gasteiger partial charge in [0.25, 0.3) is 0 Å². The van der Waals surface area contributed by atoms with E-state index in [0.717, 1.165) is 17.1 Å². The third kappa shape index (κ3) is 6.11. The Balaban J connectivity index is 1.59. The zero-order valence-corrected chi connectivity index (χ0v) is 19.5. The summed E-state index contributed by atoms with van der Waals surface area (Å²) in [5.41, 5.74) is 0.105. The highest BCUT2D eigenvalue weighted by Gasteiger charge is 2.35. The van der Waals surface area contributed by atoms with Gasteiger partial charge in [0.15, 0.2) is 5.13 Å². The van der Waals surface area contributed by atoms with Gasteiger partial charge in [-0.1, -0.05) is 60.8 Å². The molecular formula is C22H31N3O3S2. The van der Waals surface area contributed by atoms with Gasteiger partial charge in [-0.3, -0.25) is 10.1 Å². The number of nitrogens with zero attached hydrogens (tertiary/aromatic N) is 1. The zero-order valence-electron chi connectivity index (χ0n) is 17.9. The molecule has 1 aromatic rings. The lowest BCUT2D eigenvalue weighted by atomic mass is 9.79. The molecule has 0 spiro atoms. The van der Waals surface area contributed by atoms with Gasteiger partial charge in [0.2, 0.25) is 0 Å². The van der Waals surface area contributed by atoms with Crippen LogP contribution in [0.4, 0.5) is 9.93 Å². The first kappa shape index (κ1) is 22.9. The molecule has 1 atom stereocenters. The molecule has 0 radical (unpaired) electrons. The molecule has 164 valence electrons. The smallest absolute Gasteiger partial charge is 0.321 e. The van der Waals surface area contributed by atoms with Crippen LogP contribution in [0.3, 0.4) is 0 Å². The van der Waals surface area contributed by atoms with Crippen LogP contribution >= 0.6 is 23.1 Å². The first-order valence-electron chi connectivity index (χ1n) is 10.4. The zero-order chi connectivity index (χ0) is 21.8. The summed E-state index contributed by atoms with van der Waals surface area (Å²) in [4.78, 5) is 28.3. The molecule has 3 N–H and O–H groups in total. The number of thioether (sulfide) groups is 1. The molecule has 0 aliphatic heterocycles. The largest absolute Gasteiger partial charge is 0.481 e. The van der Waals surface area contributed by atoms with Crippen LogP contribution in [-0.4, -0.2) is 33.4 Å². The Hall–Kier alpha value is -1.80. The Labute approximate surface area is 186 Å². The highest BCUT2D eigenvalue weighted by Crippen LogP contribution is 2.37. The van der Waals surface area contributed by atoms with Crippen LogP contribution in [0.2, 0.25) is 0 Å². The Morgan fingerprint density at radius 3 is 2.77 bits per heavy atom. The standard InChI is InChI=1S/C22H31N3O3S2/c1-15-7-6-10-22(11-15,12-16-8-4-5-9-16)25-19(28)24-20-23-13-17(30-20)29-14-21(2,3)18(26)27/h6-7,10,13,16H,4-5,8-9,11-12,14H2,1-3H3,(H,26,27)(H2,23,24,25,28). The summed E-state index contributed by atoms with van der Waals surface area (Å²) in [6.07, 6.45) is 14.8. The third-order valence-corrected chi connectivity index (χ3v) is 8.31. The van der Waals surface area contributed by atoms with Crippen LogP contribution in [-0.2, 0) is 4.79 Å². The monoisotopic (exact) mass is 449 g/mol. The Kier molecular flexibility index (Phi) is 7.29. The van der Waals surface area contributed by atoms with E-state index < -0.39 is 11.4 Å². The first-order valence-corrected chi connectivity index (χ1v) is 12.2. The summed E-state index contributed by atoms with van der Waals surface area (Å²) in [5, 5.41) is 15.9. The fourth-order valence-electron chi connectivity index (χ4n) is 4.07. The maximum Gasteiger partial charge on any atom is 0.321 e. The number of carbonyl (C=O) groups is 2. The van der Waals surface area contributed by atoms with Crippen molar-refractivity contribution in [3.05, 3.63) is 30.0 Å². The van der Waals surface area contributed by atoms with Crippen molar-refractivity contribution in [2.75, 3.05) is 11.1 Å². The summed E-state index contributed by atoms with van der Waals surface area (Å²) < 4.78 is 0.886. The summed E-state index contributed by atoms with van der Waals surface area (Å²) in [5.74, 6) is 0.271. The number of allylic oxidation sites excluding steroid dienone is 2. The molecule has 6 nitrogen and oxygen atoms in total. The number of anilines is 1. The summed E-state index contributed by atoms with van der Waals surface area (Å²) in [7, 11) is 0. The van der Waals surface area contributed by atoms with E-state index in [1.807, 2.05) is 0 Å². The first-order chi connectivity index (χ1) is 14.2. The molecule has 2 amide bonds. The van der Waals surface area contributed by atoms with Crippen LogP contribution in [0, 0.1) is 11.3 Å². The number of thiazole rings is 1. The molecule has 2 aliphatic rings. The van der Waals surface area contributed by atoms with E-state index >= 15 is 0 Å². The van der Waals surface area contributed by atoms with E-state index in [9.17, 15) is 14.7 Å². The van der Waals surface area contributed by atoms with Gasteiger partial charge < -0.3 is 10.4 Å². The van der Waals surface area contributed by atoms with Crippen molar-refractivity contribution >= 4 is 40.2 Å². The Morgan fingerprint density at radius 1 is 1.37 bits per heavy atom. The van der Waals surface area contributed by atoms with E-state index in [0.29, 0.717) is 16.8 Å². The van der Waals surface area contributed by atoms with Crippen molar-refractivity contribution in [2.24, 2.45) is 11.3 Å². The average molecular weight is 450 g/mol. The van der Waals surface area contributed by atoms with Crippen LogP contribution in [0.5, 0.6) is 0 Å². The molecule has 1 fully saturated rings. The predicted octanol–water partition coefficient (Wildman–Crippen LogP) is 5.69. The number of rotatable bonds is 8. The topological polar surface area (TPSA) is 91.3 Å². The number of carboxylic acids is 1. The van der Waals surface area contributed by atoms with Crippen molar-refractivity contribution in [1.82, 2.24) is 10.3 Å². The lowest BCUT2D eigenvalue weighted by molar-refractivity contribution is -0.145. The second-order valence-corrected chi connectivity index (χ2v) is 11.4. The van der Waals surface area contributed by atoms with Gasteiger partial charge in [-0.15, -0.1) is 11.8 Å². The molecule has 0 aromatic carbocycles. The molecule has 1 saturated carbocycles. The maximum absolute atomic E-state index is 12.8. The fourth-order valence-corrected chi connectivity index (χ4v) is 6.02. The molecule has 3 rings (SSSR count). The Bertz CT molecular complexity index is 840. The molecular weight excluding hydrogens is 418 g/mol. The summed E-state index contributed by atoms with van der Waals surface area (Å²) in [6, 6.07) is -0.246. The van der Waals surface area contributed by atoms with E-state index in [1.54, 1.807) is 20.0 Å². The van der Waals surface area contributed by atoms with Crippen molar-refractivity contribution in [3.63, 3.8) is 0 Å². The number of amides is 2.